The molecule has 1 atom stereocenters. The van der Waals surface area contributed by atoms with Crippen LogP contribution >= 0.6 is 11.6 Å². The van der Waals surface area contributed by atoms with Crippen molar-refractivity contribution in [3.63, 3.8) is 0 Å². The summed E-state index contributed by atoms with van der Waals surface area (Å²) in [6.45, 7) is 1.12. The van der Waals surface area contributed by atoms with Gasteiger partial charge in [-0.05, 0) is 25.8 Å². The summed E-state index contributed by atoms with van der Waals surface area (Å²) < 4.78 is 0. The Balaban J connectivity index is 1.75. The van der Waals surface area contributed by atoms with Crippen LogP contribution in [0.5, 0.6) is 0 Å². The first-order valence-corrected chi connectivity index (χ1v) is 9.30. The number of imide groups is 1. The quantitative estimate of drug-likeness (QED) is 0.773. The third-order valence-electron chi connectivity index (χ3n) is 5.29. The second-order valence-corrected chi connectivity index (χ2v) is 7.64. The molecule has 1 aromatic rings. The number of amides is 4. The molecule has 7 nitrogen and oxygen atoms in total. The molecule has 0 radical (unpaired) electrons. The zero-order valence-corrected chi connectivity index (χ0v) is 15.8. The second-order valence-electron chi connectivity index (χ2n) is 7.23. The van der Waals surface area contributed by atoms with Gasteiger partial charge in [-0.15, -0.1) is 0 Å². The number of benzene rings is 1. The fraction of sp³-hybridized carbons (Fsp3) is 0.474. The minimum Gasteiger partial charge on any atom is -0.336 e. The molecule has 8 heteroatoms. The summed E-state index contributed by atoms with van der Waals surface area (Å²) in [6.07, 6.45) is 3.91. The monoisotopic (exact) mass is 388 g/mol. The Morgan fingerprint density at radius 3 is 2.59 bits per heavy atom. The number of urea groups is 1. The van der Waals surface area contributed by atoms with Gasteiger partial charge in [-0.25, -0.2) is 4.79 Å². The van der Waals surface area contributed by atoms with Crippen molar-refractivity contribution >= 4 is 29.4 Å². The molecule has 1 aliphatic heterocycles. The van der Waals surface area contributed by atoms with Gasteiger partial charge in [0.05, 0.1) is 6.07 Å². The number of hydrogen-bond acceptors (Lipinski definition) is 4. The average Bonchev–Trinajstić information content (AvgIpc) is 2.86. The highest BCUT2D eigenvalue weighted by atomic mass is 35.5. The lowest BCUT2D eigenvalue weighted by atomic mass is 9.83. The van der Waals surface area contributed by atoms with E-state index in [0.29, 0.717) is 23.4 Å². The van der Waals surface area contributed by atoms with Crippen LogP contribution in [0.2, 0.25) is 5.02 Å². The number of halogens is 1. The molecule has 1 heterocycles. The molecule has 1 aromatic carbocycles. The van der Waals surface area contributed by atoms with Gasteiger partial charge in [0.1, 0.15) is 17.6 Å². The van der Waals surface area contributed by atoms with Crippen molar-refractivity contribution in [1.82, 2.24) is 15.5 Å². The molecule has 0 bridgehead atoms. The Labute approximate surface area is 162 Å². The van der Waals surface area contributed by atoms with E-state index in [-0.39, 0.29) is 0 Å². The van der Waals surface area contributed by atoms with Gasteiger partial charge in [-0.3, -0.25) is 14.5 Å². The molecule has 1 saturated carbocycles. The molecule has 1 saturated heterocycles. The Morgan fingerprint density at radius 1 is 1.30 bits per heavy atom. The van der Waals surface area contributed by atoms with Crippen LogP contribution < -0.4 is 10.6 Å². The highest BCUT2D eigenvalue weighted by Crippen LogP contribution is 2.33. The topological polar surface area (TPSA) is 102 Å². The third kappa shape index (κ3) is 3.50. The van der Waals surface area contributed by atoms with E-state index in [1.165, 1.54) is 0 Å². The number of nitrogens with one attached hydrogen (secondary N) is 2. The summed E-state index contributed by atoms with van der Waals surface area (Å²) in [5.41, 5.74) is -1.79. The van der Waals surface area contributed by atoms with Crippen molar-refractivity contribution in [2.24, 2.45) is 0 Å². The molecule has 0 spiro atoms. The van der Waals surface area contributed by atoms with Gasteiger partial charge in [0, 0.05) is 10.6 Å². The van der Waals surface area contributed by atoms with E-state index in [4.69, 9.17) is 11.6 Å². The molecule has 1 unspecified atom stereocenters. The first-order chi connectivity index (χ1) is 12.8. The van der Waals surface area contributed by atoms with Gasteiger partial charge in [0.15, 0.2) is 0 Å². The lowest BCUT2D eigenvalue weighted by Gasteiger charge is -2.32. The van der Waals surface area contributed by atoms with Crippen LogP contribution in [0.3, 0.4) is 0 Å². The molecule has 2 N–H and O–H groups in total. The largest absolute Gasteiger partial charge is 0.336 e. The normalized spacial score (nSPS) is 24.3. The van der Waals surface area contributed by atoms with Crippen LogP contribution in [0.4, 0.5) is 4.79 Å². The average molecular weight is 389 g/mol. The fourth-order valence-electron chi connectivity index (χ4n) is 3.76. The summed E-state index contributed by atoms with van der Waals surface area (Å²) in [5.74, 6) is -1.07. The van der Waals surface area contributed by atoms with Crippen molar-refractivity contribution in [3.05, 3.63) is 34.9 Å². The number of carbonyl (C=O) groups excluding carboxylic acids is 3. The van der Waals surface area contributed by atoms with Crippen LogP contribution in [0, 0.1) is 11.3 Å². The van der Waals surface area contributed by atoms with Crippen molar-refractivity contribution in [2.75, 3.05) is 6.54 Å². The van der Waals surface area contributed by atoms with Gasteiger partial charge in [0.2, 0.25) is 5.91 Å². The smallest absolute Gasteiger partial charge is 0.325 e. The minimum absolute atomic E-state index is 0.352. The number of carbonyl (C=O) groups is 3. The van der Waals surface area contributed by atoms with E-state index in [9.17, 15) is 19.6 Å². The fourth-order valence-corrected chi connectivity index (χ4v) is 4.08. The Bertz CT molecular complexity index is 828. The zero-order chi connectivity index (χ0) is 19.7. The van der Waals surface area contributed by atoms with Crippen LogP contribution in [-0.2, 0) is 15.1 Å². The van der Waals surface area contributed by atoms with Gasteiger partial charge in [0.25, 0.3) is 5.91 Å². The summed E-state index contributed by atoms with van der Waals surface area (Å²) in [4.78, 5) is 38.6. The lowest BCUT2D eigenvalue weighted by molar-refractivity contribution is -0.135. The predicted molar refractivity (Wildman–Crippen MR) is 98.6 cm³/mol. The standard InChI is InChI=1S/C19H21ClN4O3/c1-18(13-7-3-4-8-14(13)20)16(26)24(17(27)23-18)11-15(25)22-19(12-21)9-5-2-6-10-19/h3-4,7-8H,2,5-6,9-11H2,1H3,(H,22,25)(H,23,27). The first-order valence-electron chi connectivity index (χ1n) is 8.93. The van der Waals surface area contributed by atoms with E-state index >= 15 is 0 Å². The molecule has 27 heavy (non-hydrogen) atoms. The van der Waals surface area contributed by atoms with Gasteiger partial charge in [-0.1, -0.05) is 49.1 Å². The summed E-state index contributed by atoms with van der Waals surface area (Å²) >= 11 is 6.19. The molecule has 4 amide bonds. The zero-order valence-electron chi connectivity index (χ0n) is 15.0. The van der Waals surface area contributed by atoms with E-state index in [0.717, 1.165) is 24.2 Å². The molecule has 2 aliphatic rings. The first kappa shape index (κ1) is 19.2. The predicted octanol–water partition coefficient (Wildman–Crippen LogP) is 2.45. The molecule has 142 valence electrons. The molecule has 2 fully saturated rings. The SMILES string of the molecule is CC1(c2ccccc2Cl)NC(=O)N(CC(=O)NC2(C#N)CCCCC2)C1=O. The molecule has 3 rings (SSSR count). The maximum absolute atomic E-state index is 12.9. The van der Waals surface area contributed by atoms with Crippen molar-refractivity contribution in [1.29, 1.82) is 5.26 Å². The second kappa shape index (κ2) is 7.20. The summed E-state index contributed by atoms with van der Waals surface area (Å²) in [5, 5.41) is 15.2. The van der Waals surface area contributed by atoms with Gasteiger partial charge in [-0.2, -0.15) is 5.26 Å². The maximum atomic E-state index is 12.9. The Hall–Kier alpha value is -2.59. The Morgan fingerprint density at radius 2 is 1.96 bits per heavy atom. The maximum Gasteiger partial charge on any atom is 0.325 e. The lowest BCUT2D eigenvalue weighted by Crippen LogP contribution is -2.52. The number of nitrogens with zero attached hydrogens (tertiary/aromatic N) is 2. The van der Waals surface area contributed by atoms with Crippen LogP contribution in [0.1, 0.15) is 44.6 Å². The summed E-state index contributed by atoms with van der Waals surface area (Å²) in [7, 11) is 0. The van der Waals surface area contributed by atoms with Crippen molar-refractivity contribution < 1.29 is 14.4 Å². The van der Waals surface area contributed by atoms with Crippen LogP contribution in [0.15, 0.2) is 24.3 Å². The highest BCUT2D eigenvalue weighted by molar-refractivity contribution is 6.32. The van der Waals surface area contributed by atoms with E-state index in [2.05, 4.69) is 16.7 Å². The number of hydrogen-bond donors (Lipinski definition) is 2. The molecular formula is C19H21ClN4O3. The van der Waals surface area contributed by atoms with Crippen molar-refractivity contribution in [3.8, 4) is 6.07 Å². The van der Waals surface area contributed by atoms with Crippen molar-refractivity contribution in [2.45, 2.75) is 50.1 Å². The number of rotatable bonds is 4. The van der Waals surface area contributed by atoms with E-state index in [1.54, 1.807) is 31.2 Å². The molecule has 0 aromatic heterocycles. The minimum atomic E-state index is -1.34. The summed E-state index contributed by atoms with van der Waals surface area (Å²) in [6, 6.07) is 8.28. The van der Waals surface area contributed by atoms with Gasteiger partial charge >= 0.3 is 6.03 Å². The van der Waals surface area contributed by atoms with E-state index < -0.39 is 35.5 Å². The molecular weight excluding hydrogens is 368 g/mol. The van der Waals surface area contributed by atoms with E-state index in [1.807, 2.05) is 0 Å². The number of nitriles is 1. The Kier molecular flexibility index (Phi) is 5.11. The third-order valence-corrected chi connectivity index (χ3v) is 5.62. The molecule has 1 aliphatic carbocycles. The van der Waals surface area contributed by atoms with Gasteiger partial charge < -0.3 is 10.6 Å². The highest BCUT2D eigenvalue weighted by Gasteiger charge is 2.50. The van der Waals surface area contributed by atoms with Crippen LogP contribution in [0.25, 0.3) is 0 Å². The van der Waals surface area contributed by atoms with Crippen LogP contribution in [-0.4, -0.2) is 34.8 Å².